The summed E-state index contributed by atoms with van der Waals surface area (Å²) >= 11 is 0. The number of aryl methyl sites for hydroxylation is 1. The normalized spacial score (nSPS) is 8.82. The molecular weight excluding hydrogens is 168 g/mol. The van der Waals surface area contributed by atoms with Crippen LogP contribution in [0.2, 0.25) is 0 Å². The number of nitrogens with zero attached hydrogens (tertiary/aromatic N) is 2. The Bertz CT molecular complexity index is 246. The summed E-state index contributed by atoms with van der Waals surface area (Å²) in [5.41, 5.74) is 0.0989. The number of hydrogen-bond acceptors (Lipinski definition) is 2. The van der Waals surface area contributed by atoms with Gasteiger partial charge >= 0.3 is 5.97 Å². The Morgan fingerprint density at radius 3 is 2.73 bits per heavy atom. The summed E-state index contributed by atoms with van der Waals surface area (Å²) in [6.45, 7) is 2.67. The second-order valence-corrected chi connectivity index (χ2v) is 1.89. The highest BCUT2D eigenvalue weighted by Gasteiger charge is 2.04. The number of carboxylic acids is 1. The number of carboxylic acid groups (broad SMARTS) is 1. The Hall–Kier alpha value is -1.03. The summed E-state index contributed by atoms with van der Waals surface area (Å²) in [5.74, 6) is -0.979. The van der Waals surface area contributed by atoms with Crippen LogP contribution in [0.25, 0.3) is 0 Å². The van der Waals surface area contributed by atoms with Crippen LogP contribution < -0.4 is 0 Å². The molecule has 1 aromatic rings. The van der Waals surface area contributed by atoms with E-state index in [9.17, 15) is 4.79 Å². The van der Waals surface area contributed by atoms with Crippen LogP contribution in [0.3, 0.4) is 0 Å². The Morgan fingerprint density at radius 2 is 2.45 bits per heavy atom. The molecule has 1 heterocycles. The van der Waals surface area contributed by atoms with E-state index in [4.69, 9.17) is 5.11 Å². The zero-order valence-electron chi connectivity index (χ0n) is 6.02. The maximum Gasteiger partial charge on any atom is 0.356 e. The van der Waals surface area contributed by atoms with Crippen molar-refractivity contribution in [3.05, 3.63) is 18.2 Å². The van der Waals surface area contributed by atoms with Crippen molar-refractivity contribution < 1.29 is 9.90 Å². The van der Waals surface area contributed by atoms with E-state index >= 15 is 0 Å². The van der Waals surface area contributed by atoms with E-state index in [1.54, 1.807) is 4.57 Å². The highest BCUT2D eigenvalue weighted by molar-refractivity contribution is 5.85. The lowest BCUT2D eigenvalue weighted by Gasteiger charge is -1.89. The third-order valence-electron chi connectivity index (χ3n) is 1.22. The van der Waals surface area contributed by atoms with Crippen molar-refractivity contribution in [2.24, 2.45) is 0 Å². The molecule has 0 unspecified atom stereocenters. The fraction of sp³-hybridized carbons (Fsp3) is 0.333. The number of hydrogen-bond donors (Lipinski definition) is 1. The molecule has 0 saturated heterocycles. The van der Waals surface area contributed by atoms with Gasteiger partial charge in [0.05, 0.1) is 6.33 Å². The summed E-state index contributed by atoms with van der Waals surface area (Å²) < 4.78 is 1.71. The second-order valence-electron chi connectivity index (χ2n) is 1.89. The molecule has 0 amide bonds. The first kappa shape index (κ1) is 9.97. The van der Waals surface area contributed by atoms with E-state index in [1.165, 1.54) is 12.5 Å². The molecule has 62 valence electrons. The van der Waals surface area contributed by atoms with Crippen molar-refractivity contribution in [1.29, 1.82) is 0 Å². The van der Waals surface area contributed by atoms with Crippen molar-refractivity contribution in [3.8, 4) is 0 Å². The minimum atomic E-state index is -0.979. The lowest BCUT2D eigenvalue weighted by molar-refractivity contribution is 0.0691. The molecule has 0 fully saturated rings. The van der Waals surface area contributed by atoms with Gasteiger partial charge in [-0.25, -0.2) is 9.78 Å². The van der Waals surface area contributed by atoms with E-state index in [0.29, 0.717) is 0 Å². The largest absolute Gasteiger partial charge is 0.476 e. The third kappa shape index (κ3) is 2.23. The summed E-state index contributed by atoms with van der Waals surface area (Å²) in [5, 5.41) is 8.42. The van der Waals surface area contributed by atoms with E-state index in [2.05, 4.69) is 4.98 Å². The van der Waals surface area contributed by atoms with Crippen LogP contribution >= 0.6 is 12.4 Å². The van der Waals surface area contributed by atoms with Crippen LogP contribution in [0.5, 0.6) is 0 Å². The highest BCUT2D eigenvalue weighted by atomic mass is 35.5. The number of imidazole rings is 1. The van der Waals surface area contributed by atoms with Gasteiger partial charge in [0.2, 0.25) is 0 Å². The van der Waals surface area contributed by atoms with Gasteiger partial charge in [-0.15, -0.1) is 12.4 Å². The average Bonchev–Trinajstić information content (AvgIpc) is 2.34. The fourth-order valence-corrected chi connectivity index (χ4v) is 0.643. The number of carbonyl (C=O) groups is 1. The topological polar surface area (TPSA) is 55.1 Å². The van der Waals surface area contributed by atoms with Crippen molar-refractivity contribution in [1.82, 2.24) is 9.55 Å². The van der Waals surface area contributed by atoms with E-state index < -0.39 is 5.97 Å². The lowest BCUT2D eigenvalue weighted by Crippen LogP contribution is -1.95. The maximum atomic E-state index is 10.3. The molecular formula is C6H9ClN2O2. The van der Waals surface area contributed by atoms with Gasteiger partial charge in [-0.2, -0.15) is 0 Å². The molecule has 11 heavy (non-hydrogen) atoms. The smallest absolute Gasteiger partial charge is 0.356 e. The van der Waals surface area contributed by atoms with Crippen molar-refractivity contribution >= 4 is 18.4 Å². The molecule has 1 N–H and O–H groups in total. The first-order valence-electron chi connectivity index (χ1n) is 2.99. The van der Waals surface area contributed by atoms with Gasteiger partial charge in [0.1, 0.15) is 0 Å². The second kappa shape index (κ2) is 3.98. The zero-order chi connectivity index (χ0) is 7.56. The molecule has 0 spiro atoms. The Balaban J connectivity index is 0.000001000. The van der Waals surface area contributed by atoms with Gasteiger partial charge in [0, 0.05) is 12.7 Å². The number of aromatic carboxylic acids is 1. The standard InChI is InChI=1S/C6H8N2O2.ClH/c1-2-8-3-5(6(9)10)7-4-8;/h3-4H,2H2,1H3,(H,9,10);1H. The van der Waals surface area contributed by atoms with E-state index in [0.717, 1.165) is 6.54 Å². The summed E-state index contributed by atoms with van der Waals surface area (Å²) in [7, 11) is 0. The minimum absolute atomic E-state index is 0. The van der Waals surface area contributed by atoms with Crippen LogP contribution in [0, 0.1) is 0 Å². The molecule has 0 radical (unpaired) electrons. The first-order valence-corrected chi connectivity index (χ1v) is 2.99. The molecule has 5 heteroatoms. The van der Waals surface area contributed by atoms with E-state index in [1.807, 2.05) is 6.92 Å². The van der Waals surface area contributed by atoms with Crippen LogP contribution in [0.1, 0.15) is 17.4 Å². The molecule has 1 rings (SSSR count). The van der Waals surface area contributed by atoms with Gasteiger partial charge in [-0.1, -0.05) is 0 Å². The molecule has 0 aliphatic rings. The van der Waals surface area contributed by atoms with Crippen LogP contribution in [0.4, 0.5) is 0 Å². The minimum Gasteiger partial charge on any atom is -0.476 e. The van der Waals surface area contributed by atoms with Gasteiger partial charge < -0.3 is 9.67 Å². The first-order chi connectivity index (χ1) is 4.74. The number of halogens is 1. The van der Waals surface area contributed by atoms with Crippen LogP contribution in [-0.4, -0.2) is 20.6 Å². The van der Waals surface area contributed by atoms with Gasteiger partial charge in [-0.05, 0) is 6.92 Å². The third-order valence-corrected chi connectivity index (χ3v) is 1.22. The fourth-order valence-electron chi connectivity index (χ4n) is 0.643. The SMILES string of the molecule is CCn1cnc(C(=O)O)c1.Cl. The summed E-state index contributed by atoms with van der Waals surface area (Å²) in [6.07, 6.45) is 3.01. The zero-order valence-corrected chi connectivity index (χ0v) is 6.84. The van der Waals surface area contributed by atoms with Gasteiger partial charge in [-0.3, -0.25) is 0 Å². The molecule has 1 aromatic heterocycles. The quantitative estimate of drug-likeness (QED) is 0.732. The van der Waals surface area contributed by atoms with Crippen molar-refractivity contribution in [3.63, 3.8) is 0 Å². The Kier molecular flexibility index (Phi) is 3.60. The Labute approximate surface area is 70.3 Å². The van der Waals surface area contributed by atoms with Gasteiger partial charge in [0.25, 0.3) is 0 Å². The monoisotopic (exact) mass is 176 g/mol. The molecule has 0 aromatic carbocycles. The maximum absolute atomic E-state index is 10.3. The van der Waals surface area contributed by atoms with Crippen LogP contribution in [0.15, 0.2) is 12.5 Å². The lowest BCUT2D eigenvalue weighted by atomic mass is 10.5. The van der Waals surface area contributed by atoms with E-state index in [-0.39, 0.29) is 18.1 Å². The predicted molar refractivity (Wildman–Crippen MR) is 42.1 cm³/mol. The summed E-state index contributed by atoms with van der Waals surface area (Å²) in [6, 6.07) is 0. The predicted octanol–water partition coefficient (Wildman–Crippen LogP) is 1.02. The van der Waals surface area contributed by atoms with Crippen molar-refractivity contribution in [2.75, 3.05) is 0 Å². The summed E-state index contributed by atoms with van der Waals surface area (Å²) in [4.78, 5) is 13.9. The molecule has 0 bridgehead atoms. The number of aromatic nitrogens is 2. The number of rotatable bonds is 2. The molecule has 0 saturated carbocycles. The average molecular weight is 177 g/mol. The molecule has 4 nitrogen and oxygen atoms in total. The molecule has 0 atom stereocenters. The van der Waals surface area contributed by atoms with Crippen LogP contribution in [-0.2, 0) is 6.54 Å². The molecule has 0 aliphatic heterocycles. The van der Waals surface area contributed by atoms with Crippen molar-refractivity contribution in [2.45, 2.75) is 13.5 Å². The van der Waals surface area contributed by atoms with Gasteiger partial charge in [0.15, 0.2) is 5.69 Å². The highest BCUT2D eigenvalue weighted by Crippen LogP contribution is 1.94. The molecule has 0 aliphatic carbocycles. The Morgan fingerprint density at radius 1 is 1.82 bits per heavy atom.